The molecule has 0 unspecified atom stereocenters. The maximum absolute atomic E-state index is 13.7. The van der Waals surface area contributed by atoms with Gasteiger partial charge in [-0.15, -0.1) is 0 Å². The monoisotopic (exact) mass is 315 g/mol. The maximum Gasteiger partial charge on any atom is 0.270 e. The molecule has 1 nitrogen and oxygen atoms in total. The molecule has 0 aliphatic heterocycles. The summed E-state index contributed by atoms with van der Waals surface area (Å²) in [6.45, 7) is 11.0. The zero-order chi connectivity index (χ0) is 17.4. The number of rotatable bonds is 4. The van der Waals surface area contributed by atoms with Crippen LogP contribution in [0.2, 0.25) is 0 Å². The van der Waals surface area contributed by atoms with Crippen molar-refractivity contribution < 1.29 is 8.78 Å². The largest absolute Gasteiger partial charge is 0.345 e. The molecular formula is C20H23F2N. The minimum Gasteiger partial charge on any atom is -0.345 e. The van der Waals surface area contributed by atoms with Crippen LogP contribution in [-0.4, -0.2) is 7.05 Å². The van der Waals surface area contributed by atoms with E-state index in [9.17, 15) is 8.78 Å². The number of aryl methyl sites for hydroxylation is 3. The van der Waals surface area contributed by atoms with Crippen molar-refractivity contribution >= 4 is 11.4 Å². The van der Waals surface area contributed by atoms with Crippen molar-refractivity contribution in [2.24, 2.45) is 0 Å². The third kappa shape index (κ3) is 3.79. The summed E-state index contributed by atoms with van der Waals surface area (Å²) in [4.78, 5) is 1.85. The molecule has 122 valence electrons. The number of benzene rings is 2. The fourth-order valence-electron chi connectivity index (χ4n) is 2.48. The third-order valence-electron chi connectivity index (χ3n) is 4.20. The molecule has 0 spiro atoms. The average molecular weight is 315 g/mol. The lowest BCUT2D eigenvalue weighted by molar-refractivity contribution is 0.0174. The average Bonchev–Trinajstić information content (AvgIpc) is 2.47. The summed E-state index contributed by atoms with van der Waals surface area (Å²) in [5, 5.41) is 0. The second-order valence-electron chi connectivity index (χ2n) is 6.25. The van der Waals surface area contributed by atoms with Crippen molar-refractivity contribution in [2.75, 3.05) is 11.9 Å². The van der Waals surface area contributed by atoms with E-state index in [4.69, 9.17) is 0 Å². The highest BCUT2D eigenvalue weighted by atomic mass is 19.3. The first-order chi connectivity index (χ1) is 10.6. The number of nitrogens with zero attached hydrogens (tertiary/aromatic N) is 1. The van der Waals surface area contributed by atoms with Gasteiger partial charge < -0.3 is 4.90 Å². The van der Waals surface area contributed by atoms with Crippen molar-refractivity contribution in [3.05, 3.63) is 70.8 Å². The molecule has 0 atom stereocenters. The molecule has 0 aliphatic rings. The lowest BCUT2D eigenvalue weighted by Gasteiger charge is -2.24. The Labute approximate surface area is 137 Å². The molecule has 0 radical (unpaired) electrons. The van der Waals surface area contributed by atoms with Gasteiger partial charge in [0.05, 0.1) is 0 Å². The van der Waals surface area contributed by atoms with Gasteiger partial charge in [-0.25, -0.2) is 8.78 Å². The first-order valence-corrected chi connectivity index (χ1v) is 7.60. The van der Waals surface area contributed by atoms with Gasteiger partial charge in [0.25, 0.3) is 5.92 Å². The van der Waals surface area contributed by atoms with E-state index in [1.54, 1.807) is 0 Å². The molecule has 0 aliphatic carbocycles. The molecule has 0 saturated heterocycles. The van der Waals surface area contributed by atoms with E-state index < -0.39 is 5.92 Å². The van der Waals surface area contributed by atoms with Crippen molar-refractivity contribution in [1.82, 2.24) is 0 Å². The predicted molar refractivity (Wildman–Crippen MR) is 94.1 cm³/mol. The van der Waals surface area contributed by atoms with Gasteiger partial charge in [-0.2, -0.15) is 0 Å². The number of alkyl halides is 2. The minimum absolute atomic E-state index is 0.0206. The van der Waals surface area contributed by atoms with Gasteiger partial charge in [0.15, 0.2) is 0 Å². The molecule has 2 aromatic rings. The Morgan fingerprint density at radius 1 is 1.00 bits per heavy atom. The van der Waals surface area contributed by atoms with Crippen LogP contribution in [0.3, 0.4) is 0 Å². The van der Waals surface area contributed by atoms with Gasteiger partial charge in [-0.3, -0.25) is 0 Å². The highest BCUT2D eigenvalue weighted by Crippen LogP contribution is 2.33. The molecule has 0 fully saturated rings. The fourth-order valence-corrected chi connectivity index (χ4v) is 2.48. The number of hydrogen-bond acceptors (Lipinski definition) is 1. The molecule has 0 bridgehead atoms. The molecule has 0 saturated carbocycles. The highest BCUT2D eigenvalue weighted by molar-refractivity contribution is 5.78. The van der Waals surface area contributed by atoms with Crippen LogP contribution in [0.15, 0.2) is 43.0 Å². The van der Waals surface area contributed by atoms with E-state index >= 15 is 0 Å². The second-order valence-corrected chi connectivity index (χ2v) is 6.25. The van der Waals surface area contributed by atoms with E-state index in [2.05, 4.69) is 26.5 Å². The Kier molecular flexibility index (Phi) is 4.60. The molecule has 0 heterocycles. The second kappa shape index (κ2) is 6.15. The molecular weight excluding hydrogens is 292 g/mol. The van der Waals surface area contributed by atoms with Crippen LogP contribution >= 0.6 is 0 Å². The van der Waals surface area contributed by atoms with Crippen molar-refractivity contribution in [3.8, 4) is 0 Å². The SMILES string of the molecule is C=C(c1ccc(C)c(C)c1)N(C)c1cc(C)cc(C(C)(F)F)c1. The molecule has 0 N–H and O–H groups in total. The summed E-state index contributed by atoms with van der Waals surface area (Å²) in [7, 11) is 1.85. The summed E-state index contributed by atoms with van der Waals surface area (Å²) in [5.41, 5.74) is 5.71. The van der Waals surface area contributed by atoms with Crippen LogP contribution < -0.4 is 4.90 Å². The van der Waals surface area contributed by atoms with Crippen molar-refractivity contribution in [1.29, 1.82) is 0 Å². The quantitative estimate of drug-likeness (QED) is 0.686. The molecule has 3 heteroatoms. The fraction of sp³-hybridized carbons (Fsp3) is 0.300. The smallest absolute Gasteiger partial charge is 0.270 e. The zero-order valence-electron chi connectivity index (χ0n) is 14.4. The van der Waals surface area contributed by atoms with Crippen molar-refractivity contribution in [2.45, 2.75) is 33.6 Å². The molecule has 2 rings (SSSR count). The third-order valence-corrected chi connectivity index (χ3v) is 4.20. The van der Waals surface area contributed by atoms with Gasteiger partial charge in [-0.05, 0) is 67.3 Å². The van der Waals surface area contributed by atoms with Crippen LogP contribution in [0.4, 0.5) is 14.5 Å². The summed E-state index contributed by atoms with van der Waals surface area (Å²) >= 11 is 0. The number of halogens is 2. The molecule has 2 aromatic carbocycles. The van der Waals surface area contributed by atoms with Crippen LogP contribution in [0, 0.1) is 20.8 Å². The minimum atomic E-state index is -2.86. The Hall–Kier alpha value is -2.16. The van der Waals surface area contributed by atoms with Crippen LogP contribution in [0.25, 0.3) is 5.70 Å². The Morgan fingerprint density at radius 2 is 1.65 bits per heavy atom. The number of anilines is 1. The van der Waals surface area contributed by atoms with E-state index in [1.807, 2.05) is 37.1 Å². The molecule has 0 amide bonds. The summed E-state index contributed by atoms with van der Waals surface area (Å²) in [5.74, 6) is -2.86. The van der Waals surface area contributed by atoms with E-state index in [0.717, 1.165) is 23.7 Å². The lowest BCUT2D eigenvalue weighted by atomic mass is 10.0. The van der Waals surface area contributed by atoms with Crippen LogP contribution in [0.5, 0.6) is 0 Å². The summed E-state index contributed by atoms with van der Waals surface area (Å²) in [6.07, 6.45) is 0. The van der Waals surface area contributed by atoms with E-state index in [-0.39, 0.29) is 5.56 Å². The topological polar surface area (TPSA) is 3.24 Å². The Balaban J connectivity index is 2.39. The van der Waals surface area contributed by atoms with Gasteiger partial charge >= 0.3 is 0 Å². The summed E-state index contributed by atoms with van der Waals surface area (Å²) < 4.78 is 27.3. The number of hydrogen-bond donors (Lipinski definition) is 0. The zero-order valence-corrected chi connectivity index (χ0v) is 14.4. The maximum atomic E-state index is 13.7. The molecule has 0 aromatic heterocycles. The van der Waals surface area contributed by atoms with Gasteiger partial charge in [0.2, 0.25) is 0 Å². The van der Waals surface area contributed by atoms with Gasteiger partial charge in [0, 0.05) is 30.9 Å². The summed E-state index contributed by atoms with van der Waals surface area (Å²) in [6, 6.07) is 11.1. The van der Waals surface area contributed by atoms with Gasteiger partial charge in [-0.1, -0.05) is 18.7 Å². The lowest BCUT2D eigenvalue weighted by Crippen LogP contribution is -2.16. The Morgan fingerprint density at radius 3 is 2.22 bits per heavy atom. The molecule has 23 heavy (non-hydrogen) atoms. The van der Waals surface area contributed by atoms with Crippen LogP contribution in [-0.2, 0) is 5.92 Å². The normalized spacial score (nSPS) is 11.4. The van der Waals surface area contributed by atoms with Crippen molar-refractivity contribution in [3.63, 3.8) is 0 Å². The first-order valence-electron chi connectivity index (χ1n) is 7.60. The van der Waals surface area contributed by atoms with Crippen LogP contribution in [0.1, 0.15) is 34.7 Å². The highest BCUT2D eigenvalue weighted by Gasteiger charge is 2.25. The van der Waals surface area contributed by atoms with E-state index in [0.29, 0.717) is 5.69 Å². The standard InChI is InChI=1S/C20H23F2N/c1-13-9-18(20(5,21)22)12-19(10-13)23(6)16(4)17-8-7-14(2)15(3)11-17/h7-12H,4H2,1-3,5-6H3. The van der Waals surface area contributed by atoms with E-state index in [1.165, 1.54) is 23.3 Å². The van der Waals surface area contributed by atoms with Gasteiger partial charge in [0.1, 0.15) is 0 Å². The predicted octanol–water partition coefficient (Wildman–Crippen LogP) is 5.83. The first kappa shape index (κ1) is 17.2. The Bertz CT molecular complexity index is 742.